The number of benzene rings is 3. The molecule has 0 unspecified atom stereocenters. The predicted octanol–water partition coefficient (Wildman–Crippen LogP) is 5.34. The van der Waals surface area contributed by atoms with Crippen LogP contribution in [0.2, 0.25) is 5.02 Å². The average molecular weight is 473 g/mol. The van der Waals surface area contributed by atoms with Gasteiger partial charge in [-0.05, 0) is 60.9 Å². The van der Waals surface area contributed by atoms with Crippen LogP contribution in [0.3, 0.4) is 0 Å². The monoisotopic (exact) mass is 472 g/mol. The molecule has 0 saturated carbocycles. The molecule has 0 aromatic heterocycles. The number of halogens is 1. The zero-order chi connectivity index (χ0) is 23.3. The minimum atomic E-state index is -3.79. The van der Waals surface area contributed by atoms with E-state index in [1.807, 2.05) is 32.0 Å². The van der Waals surface area contributed by atoms with Crippen LogP contribution in [0.1, 0.15) is 40.9 Å². The number of carbonyl (C=O) groups is 1. The minimum Gasteiger partial charge on any atom is -0.496 e. The van der Waals surface area contributed by atoms with Crippen LogP contribution >= 0.6 is 11.6 Å². The second-order valence-corrected chi connectivity index (χ2v) is 9.37. The quantitative estimate of drug-likeness (QED) is 0.463. The van der Waals surface area contributed by atoms with Gasteiger partial charge in [-0.1, -0.05) is 48.9 Å². The van der Waals surface area contributed by atoms with Crippen molar-refractivity contribution >= 4 is 33.2 Å². The summed E-state index contributed by atoms with van der Waals surface area (Å²) in [6, 6.07) is 18.0. The minimum absolute atomic E-state index is 0.127. The van der Waals surface area contributed by atoms with Gasteiger partial charge in [-0.3, -0.25) is 9.52 Å². The van der Waals surface area contributed by atoms with E-state index >= 15 is 0 Å². The van der Waals surface area contributed by atoms with Crippen molar-refractivity contribution in [2.75, 3.05) is 11.8 Å². The Morgan fingerprint density at radius 1 is 1.06 bits per heavy atom. The Morgan fingerprint density at radius 3 is 2.41 bits per heavy atom. The molecule has 0 saturated heterocycles. The lowest BCUT2D eigenvalue weighted by molar-refractivity contribution is 0.0935. The largest absolute Gasteiger partial charge is 0.496 e. The fourth-order valence-electron chi connectivity index (χ4n) is 3.35. The number of aryl methyl sites for hydroxylation is 1. The average Bonchev–Trinajstić information content (AvgIpc) is 2.79. The number of sulfonamides is 1. The molecule has 3 aromatic rings. The van der Waals surface area contributed by atoms with E-state index in [9.17, 15) is 13.2 Å². The molecular formula is C24H25ClN2O4S. The lowest BCUT2D eigenvalue weighted by atomic mass is 10.0. The maximum Gasteiger partial charge on any atom is 0.261 e. The van der Waals surface area contributed by atoms with Gasteiger partial charge in [0, 0.05) is 5.69 Å². The lowest BCUT2D eigenvalue weighted by Crippen LogP contribution is -2.28. The summed E-state index contributed by atoms with van der Waals surface area (Å²) in [7, 11) is -2.17. The highest BCUT2D eigenvalue weighted by Crippen LogP contribution is 2.27. The number of hydrogen-bond acceptors (Lipinski definition) is 4. The molecule has 8 heteroatoms. The van der Waals surface area contributed by atoms with Crippen LogP contribution in [0, 0.1) is 6.92 Å². The lowest BCUT2D eigenvalue weighted by Gasteiger charge is -2.19. The summed E-state index contributed by atoms with van der Waals surface area (Å²) in [5, 5.41) is 3.21. The Balaban J connectivity index is 1.82. The Morgan fingerprint density at radius 2 is 1.78 bits per heavy atom. The summed E-state index contributed by atoms with van der Waals surface area (Å²) in [6.45, 7) is 3.91. The van der Waals surface area contributed by atoms with Crippen molar-refractivity contribution in [3.05, 3.63) is 88.4 Å². The van der Waals surface area contributed by atoms with Crippen molar-refractivity contribution in [3.63, 3.8) is 0 Å². The van der Waals surface area contributed by atoms with Crippen LogP contribution in [0.15, 0.2) is 71.6 Å². The molecule has 6 nitrogen and oxygen atoms in total. The molecule has 0 bridgehead atoms. The first-order chi connectivity index (χ1) is 15.2. The third kappa shape index (κ3) is 5.41. The normalized spacial score (nSPS) is 12.1. The summed E-state index contributed by atoms with van der Waals surface area (Å²) >= 11 is 6.26. The smallest absolute Gasteiger partial charge is 0.261 e. The Hall–Kier alpha value is -3.03. The van der Waals surface area contributed by atoms with Crippen molar-refractivity contribution in [1.82, 2.24) is 5.32 Å². The highest BCUT2D eigenvalue weighted by atomic mass is 35.5. The molecule has 32 heavy (non-hydrogen) atoms. The van der Waals surface area contributed by atoms with E-state index in [2.05, 4.69) is 10.0 Å². The van der Waals surface area contributed by atoms with Crippen molar-refractivity contribution in [2.24, 2.45) is 0 Å². The fourth-order valence-corrected chi connectivity index (χ4v) is 4.63. The second kappa shape index (κ2) is 10.1. The van der Waals surface area contributed by atoms with E-state index in [4.69, 9.17) is 16.3 Å². The third-order valence-corrected chi connectivity index (χ3v) is 6.78. The maximum atomic E-state index is 13.0. The van der Waals surface area contributed by atoms with E-state index in [-0.39, 0.29) is 27.2 Å². The molecule has 0 spiro atoms. The first-order valence-corrected chi connectivity index (χ1v) is 11.9. The molecule has 3 aromatic carbocycles. The highest BCUT2D eigenvalue weighted by molar-refractivity contribution is 7.92. The highest BCUT2D eigenvalue weighted by Gasteiger charge is 2.19. The summed E-state index contributed by atoms with van der Waals surface area (Å²) in [4.78, 5) is 13.1. The molecule has 0 radical (unpaired) electrons. The summed E-state index contributed by atoms with van der Waals surface area (Å²) in [5.74, 6) is 0.382. The molecule has 1 amide bonds. The maximum absolute atomic E-state index is 13.0. The molecule has 0 aliphatic rings. The Bertz CT molecular complexity index is 1210. The molecule has 0 fully saturated rings. The van der Waals surface area contributed by atoms with Gasteiger partial charge in [0.2, 0.25) is 0 Å². The third-order valence-electron chi connectivity index (χ3n) is 5.05. The van der Waals surface area contributed by atoms with Crippen LogP contribution < -0.4 is 14.8 Å². The number of rotatable bonds is 8. The van der Waals surface area contributed by atoms with E-state index < -0.39 is 15.9 Å². The number of hydrogen-bond donors (Lipinski definition) is 2. The number of anilines is 1. The van der Waals surface area contributed by atoms with E-state index in [1.54, 1.807) is 25.3 Å². The van der Waals surface area contributed by atoms with Crippen LogP contribution in [-0.4, -0.2) is 21.4 Å². The van der Waals surface area contributed by atoms with Gasteiger partial charge in [0.05, 0.1) is 28.6 Å². The summed E-state index contributed by atoms with van der Waals surface area (Å²) in [5.41, 5.74) is 2.34. The van der Waals surface area contributed by atoms with Gasteiger partial charge in [0.15, 0.2) is 0 Å². The van der Waals surface area contributed by atoms with Crippen LogP contribution in [0.4, 0.5) is 5.69 Å². The van der Waals surface area contributed by atoms with E-state index in [0.29, 0.717) is 6.42 Å². The molecule has 3 rings (SSSR count). The SMILES string of the molecule is CC[C@H](NC(=O)c1cc(NS(=O)(=O)c2ccccc2)ccc1Cl)c1ccc(OC)c(C)c1. The number of methoxy groups -OCH3 is 1. The Labute approximate surface area is 193 Å². The molecule has 0 aliphatic carbocycles. The molecule has 2 N–H and O–H groups in total. The van der Waals surface area contributed by atoms with Crippen LogP contribution in [0.25, 0.3) is 0 Å². The zero-order valence-corrected chi connectivity index (χ0v) is 19.6. The van der Waals surface area contributed by atoms with Crippen molar-refractivity contribution in [1.29, 1.82) is 0 Å². The van der Waals surface area contributed by atoms with Gasteiger partial charge in [-0.2, -0.15) is 0 Å². The summed E-state index contributed by atoms with van der Waals surface area (Å²) in [6.07, 6.45) is 0.662. The second-order valence-electron chi connectivity index (χ2n) is 7.28. The Kier molecular flexibility index (Phi) is 7.43. The zero-order valence-electron chi connectivity index (χ0n) is 18.1. The van der Waals surface area contributed by atoms with E-state index in [1.165, 1.54) is 30.3 Å². The van der Waals surface area contributed by atoms with Crippen molar-refractivity contribution in [2.45, 2.75) is 31.2 Å². The first-order valence-electron chi connectivity index (χ1n) is 10.1. The number of carbonyl (C=O) groups excluding carboxylic acids is 1. The standard InChI is InChI=1S/C24H25ClN2O4S/c1-4-22(17-10-13-23(31-3)16(2)14-17)26-24(28)20-15-18(11-12-21(20)25)27-32(29,30)19-8-6-5-7-9-19/h5-15,22,27H,4H2,1-3H3,(H,26,28)/t22-/m0/s1. The van der Waals surface area contributed by atoms with E-state index in [0.717, 1.165) is 16.9 Å². The molecule has 0 heterocycles. The van der Waals surface area contributed by atoms with Gasteiger partial charge < -0.3 is 10.1 Å². The predicted molar refractivity (Wildman–Crippen MR) is 127 cm³/mol. The van der Waals surface area contributed by atoms with Gasteiger partial charge in [-0.15, -0.1) is 0 Å². The van der Waals surface area contributed by atoms with Crippen LogP contribution in [-0.2, 0) is 10.0 Å². The topological polar surface area (TPSA) is 84.5 Å². The number of ether oxygens (including phenoxy) is 1. The van der Waals surface area contributed by atoms with Crippen LogP contribution in [0.5, 0.6) is 5.75 Å². The van der Waals surface area contributed by atoms with Gasteiger partial charge in [0.1, 0.15) is 5.75 Å². The van der Waals surface area contributed by atoms with Gasteiger partial charge in [-0.25, -0.2) is 8.42 Å². The number of amides is 1. The molecule has 0 aliphatic heterocycles. The number of nitrogens with one attached hydrogen (secondary N) is 2. The summed E-state index contributed by atoms with van der Waals surface area (Å²) < 4.78 is 33.0. The van der Waals surface area contributed by atoms with Crippen molar-refractivity contribution < 1.29 is 17.9 Å². The molecule has 168 valence electrons. The fraction of sp³-hybridized carbons (Fsp3) is 0.208. The molecule has 1 atom stereocenters. The molecular weight excluding hydrogens is 448 g/mol. The van der Waals surface area contributed by atoms with Gasteiger partial charge >= 0.3 is 0 Å². The van der Waals surface area contributed by atoms with Crippen molar-refractivity contribution in [3.8, 4) is 5.75 Å². The van der Waals surface area contributed by atoms with Gasteiger partial charge in [0.25, 0.3) is 15.9 Å². The first kappa shape index (κ1) is 23.6.